The third-order valence-electron chi connectivity index (χ3n) is 5.76. The summed E-state index contributed by atoms with van der Waals surface area (Å²) in [4.78, 5) is 21.2. The summed E-state index contributed by atoms with van der Waals surface area (Å²) in [5, 5.41) is 9.65. The lowest BCUT2D eigenvalue weighted by Gasteiger charge is -2.32. The zero-order valence-corrected chi connectivity index (χ0v) is 17.2. The maximum atomic E-state index is 12.5. The average Bonchev–Trinajstić information content (AvgIpc) is 3.25. The summed E-state index contributed by atoms with van der Waals surface area (Å²) < 4.78 is 1.88. The smallest absolute Gasteiger partial charge is 0.276 e. The summed E-state index contributed by atoms with van der Waals surface area (Å²) in [6, 6.07) is 10.7. The van der Waals surface area contributed by atoms with Gasteiger partial charge in [0.05, 0.1) is 17.8 Å². The molecule has 0 saturated carbocycles. The van der Waals surface area contributed by atoms with E-state index in [9.17, 15) is 4.79 Å². The number of nitrogens with zero attached hydrogens (tertiary/aromatic N) is 6. The zero-order valence-electron chi connectivity index (χ0n) is 17.2. The molecule has 7 heteroatoms. The summed E-state index contributed by atoms with van der Waals surface area (Å²) in [7, 11) is 0. The van der Waals surface area contributed by atoms with Crippen molar-refractivity contribution in [3.63, 3.8) is 0 Å². The monoisotopic (exact) mass is 392 g/mol. The summed E-state index contributed by atoms with van der Waals surface area (Å²) in [5.41, 5.74) is 2.77. The van der Waals surface area contributed by atoms with E-state index in [0.717, 1.165) is 38.0 Å². The number of aromatic nitrogens is 4. The molecule has 0 N–H and O–H groups in total. The highest BCUT2D eigenvalue weighted by Gasteiger charge is 2.24. The van der Waals surface area contributed by atoms with Crippen molar-refractivity contribution < 1.29 is 4.79 Å². The zero-order chi connectivity index (χ0) is 20.2. The van der Waals surface area contributed by atoms with E-state index in [0.29, 0.717) is 18.8 Å². The predicted octanol–water partition coefficient (Wildman–Crippen LogP) is 3.15. The minimum absolute atomic E-state index is 0.0443. The van der Waals surface area contributed by atoms with Crippen molar-refractivity contribution in [1.82, 2.24) is 29.8 Å². The van der Waals surface area contributed by atoms with E-state index < -0.39 is 0 Å². The molecule has 4 rings (SSSR count). The molecule has 0 aliphatic carbocycles. The van der Waals surface area contributed by atoms with Crippen molar-refractivity contribution in [3.05, 3.63) is 54.0 Å². The summed E-state index contributed by atoms with van der Waals surface area (Å²) >= 11 is 0. The number of hydrogen-bond donors (Lipinski definition) is 0. The molecule has 0 spiro atoms. The Bertz CT molecular complexity index is 975. The lowest BCUT2D eigenvalue weighted by Crippen LogP contribution is -2.36. The average molecular weight is 393 g/mol. The van der Waals surface area contributed by atoms with Crippen molar-refractivity contribution >= 4 is 16.8 Å². The molecule has 2 aromatic heterocycles. The van der Waals surface area contributed by atoms with Crippen LogP contribution in [0.4, 0.5) is 0 Å². The highest BCUT2D eigenvalue weighted by molar-refractivity contribution is 5.91. The Hall–Kier alpha value is -2.80. The first kappa shape index (κ1) is 19.5. The third-order valence-corrected chi connectivity index (χ3v) is 5.76. The standard InChI is InChI=1S/C22H28N6O/c1-3-27(4-2)22(29)21-16-28(25-24-21)18-9-7-13-26(15-18)14-17-8-5-11-20-19(17)10-6-12-23-20/h5-6,8,10-12,16,18H,3-4,7,9,13-15H2,1-2H3. The SMILES string of the molecule is CCN(CC)C(=O)c1cn(C2CCCN(Cc3cccc4ncccc34)C2)nn1. The molecule has 1 atom stereocenters. The molecule has 7 nitrogen and oxygen atoms in total. The Kier molecular flexibility index (Phi) is 5.85. The van der Waals surface area contributed by atoms with Crippen LogP contribution in [0.25, 0.3) is 10.9 Å². The van der Waals surface area contributed by atoms with Crippen molar-refractivity contribution in [2.75, 3.05) is 26.2 Å². The van der Waals surface area contributed by atoms with Gasteiger partial charge in [-0.15, -0.1) is 5.10 Å². The highest BCUT2D eigenvalue weighted by Crippen LogP contribution is 2.24. The lowest BCUT2D eigenvalue weighted by atomic mass is 10.0. The molecular formula is C22H28N6O. The van der Waals surface area contributed by atoms with Crippen molar-refractivity contribution in [2.45, 2.75) is 39.3 Å². The van der Waals surface area contributed by atoms with E-state index >= 15 is 0 Å². The van der Waals surface area contributed by atoms with E-state index in [1.165, 1.54) is 10.9 Å². The number of rotatable bonds is 6. The van der Waals surface area contributed by atoms with E-state index in [2.05, 4.69) is 44.5 Å². The molecule has 3 heterocycles. The van der Waals surface area contributed by atoms with Crippen LogP contribution >= 0.6 is 0 Å². The van der Waals surface area contributed by atoms with Crippen molar-refractivity contribution in [1.29, 1.82) is 0 Å². The second kappa shape index (κ2) is 8.69. The van der Waals surface area contributed by atoms with E-state index in [1.807, 2.05) is 37.0 Å². The molecule has 3 aromatic rings. The number of carbonyl (C=O) groups is 1. The van der Waals surface area contributed by atoms with Gasteiger partial charge in [-0.3, -0.25) is 14.7 Å². The Balaban J connectivity index is 1.47. The summed E-state index contributed by atoms with van der Waals surface area (Å²) in [5.74, 6) is -0.0443. The van der Waals surface area contributed by atoms with Crippen LogP contribution in [-0.2, 0) is 6.54 Å². The Labute approximate surface area is 171 Å². The quantitative estimate of drug-likeness (QED) is 0.645. The predicted molar refractivity (Wildman–Crippen MR) is 113 cm³/mol. The van der Waals surface area contributed by atoms with Crippen LogP contribution in [0.3, 0.4) is 0 Å². The Morgan fingerprint density at radius 1 is 1.21 bits per heavy atom. The van der Waals surface area contributed by atoms with Gasteiger partial charge in [0.25, 0.3) is 5.91 Å². The molecule has 1 amide bonds. The van der Waals surface area contributed by atoms with Crippen LogP contribution in [-0.4, -0.2) is 61.9 Å². The van der Waals surface area contributed by atoms with Gasteiger partial charge in [0.15, 0.2) is 5.69 Å². The maximum Gasteiger partial charge on any atom is 0.276 e. The number of benzene rings is 1. The second-order valence-corrected chi connectivity index (χ2v) is 7.58. The van der Waals surface area contributed by atoms with Gasteiger partial charge in [0.2, 0.25) is 0 Å². The molecule has 1 saturated heterocycles. The molecule has 1 aliphatic heterocycles. The summed E-state index contributed by atoms with van der Waals surface area (Å²) in [6.07, 6.45) is 5.81. The molecule has 0 bridgehead atoms. The van der Waals surface area contributed by atoms with Crippen LogP contribution in [0.2, 0.25) is 0 Å². The van der Waals surface area contributed by atoms with Crippen LogP contribution in [0.5, 0.6) is 0 Å². The van der Waals surface area contributed by atoms with Gasteiger partial charge in [-0.2, -0.15) is 0 Å². The van der Waals surface area contributed by atoms with E-state index in [1.54, 1.807) is 4.90 Å². The van der Waals surface area contributed by atoms with Crippen molar-refractivity contribution in [3.8, 4) is 0 Å². The fraction of sp³-hybridized carbons (Fsp3) is 0.455. The fourth-order valence-electron chi connectivity index (χ4n) is 4.16. The van der Waals surface area contributed by atoms with Gasteiger partial charge in [0, 0.05) is 37.8 Å². The normalized spacial score (nSPS) is 17.5. The molecule has 1 aliphatic rings. The third kappa shape index (κ3) is 4.15. The molecule has 152 valence electrons. The molecule has 29 heavy (non-hydrogen) atoms. The van der Waals surface area contributed by atoms with Crippen molar-refractivity contribution in [2.24, 2.45) is 0 Å². The molecule has 0 radical (unpaired) electrons. The minimum atomic E-state index is -0.0443. The number of amides is 1. The van der Waals surface area contributed by atoms with Gasteiger partial charge in [-0.1, -0.05) is 23.4 Å². The molecular weight excluding hydrogens is 364 g/mol. The number of pyridine rings is 1. The topological polar surface area (TPSA) is 67.2 Å². The van der Waals surface area contributed by atoms with E-state index in [-0.39, 0.29) is 11.9 Å². The first-order valence-corrected chi connectivity index (χ1v) is 10.5. The maximum absolute atomic E-state index is 12.5. The summed E-state index contributed by atoms with van der Waals surface area (Å²) in [6.45, 7) is 8.17. The molecule has 1 fully saturated rings. The van der Waals surface area contributed by atoms with Crippen LogP contribution in [0.15, 0.2) is 42.7 Å². The Morgan fingerprint density at radius 3 is 2.90 bits per heavy atom. The lowest BCUT2D eigenvalue weighted by molar-refractivity contribution is 0.0767. The van der Waals surface area contributed by atoms with Crippen LogP contribution in [0.1, 0.15) is 48.8 Å². The van der Waals surface area contributed by atoms with E-state index in [4.69, 9.17) is 0 Å². The van der Waals surface area contributed by atoms with Gasteiger partial charge in [-0.25, -0.2) is 4.68 Å². The number of carbonyl (C=O) groups excluding carboxylic acids is 1. The highest BCUT2D eigenvalue weighted by atomic mass is 16.2. The van der Waals surface area contributed by atoms with Crippen LogP contribution < -0.4 is 0 Å². The number of fused-ring (bicyclic) bond motifs is 1. The number of hydrogen-bond acceptors (Lipinski definition) is 5. The van der Waals surface area contributed by atoms with Gasteiger partial charge < -0.3 is 4.90 Å². The largest absolute Gasteiger partial charge is 0.338 e. The van der Waals surface area contributed by atoms with Gasteiger partial charge in [-0.05, 0) is 50.9 Å². The van der Waals surface area contributed by atoms with Gasteiger partial charge >= 0.3 is 0 Å². The minimum Gasteiger partial charge on any atom is -0.338 e. The molecule has 1 unspecified atom stereocenters. The first-order valence-electron chi connectivity index (χ1n) is 10.5. The second-order valence-electron chi connectivity index (χ2n) is 7.58. The number of likely N-dealkylation sites (tertiary alicyclic amines) is 1. The van der Waals surface area contributed by atoms with Crippen LogP contribution in [0, 0.1) is 0 Å². The Morgan fingerprint density at radius 2 is 2.07 bits per heavy atom. The van der Waals surface area contributed by atoms with Gasteiger partial charge in [0.1, 0.15) is 0 Å². The fourth-order valence-corrected chi connectivity index (χ4v) is 4.16. The first-order chi connectivity index (χ1) is 14.2. The number of piperidine rings is 1. The molecule has 1 aromatic carbocycles.